The molecule has 7 rings (SSSR count). The second kappa shape index (κ2) is 22.0. The lowest BCUT2D eigenvalue weighted by Gasteiger charge is -2.56. The number of carbonyl (C=O) groups is 4. The van der Waals surface area contributed by atoms with Crippen LogP contribution in [0.4, 0.5) is 19.2 Å². The predicted molar refractivity (Wildman–Crippen MR) is 284 cm³/mol. The first-order valence-corrected chi connectivity index (χ1v) is 26.7. The van der Waals surface area contributed by atoms with Gasteiger partial charge in [0.1, 0.15) is 45.4 Å². The minimum Gasteiger partial charge on any atom is -0.428 e. The van der Waals surface area contributed by atoms with Gasteiger partial charge in [-0.3, -0.25) is 0 Å². The molecule has 0 heterocycles. The Bertz CT molecular complexity index is 2200. The summed E-state index contributed by atoms with van der Waals surface area (Å²) in [6.07, 6.45) is 11.0. The van der Waals surface area contributed by atoms with Crippen molar-refractivity contribution in [2.24, 2.45) is 17.3 Å². The minimum absolute atomic E-state index is 0.184. The van der Waals surface area contributed by atoms with Crippen molar-refractivity contribution in [3.8, 4) is 23.0 Å². The summed E-state index contributed by atoms with van der Waals surface area (Å²) in [6.45, 7) is 21.7. The molecule has 4 aromatic carbocycles. The van der Waals surface area contributed by atoms with E-state index in [4.69, 9.17) is 37.9 Å². The molecule has 0 N–H and O–H groups in total. The summed E-state index contributed by atoms with van der Waals surface area (Å²) in [5, 5.41) is 0. The van der Waals surface area contributed by atoms with Crippen LogP contribution in [0.5, 0.6) is 23.0 Å². The highest BCUT2D eigenvalue weighted by molar-refractivity contribution is 5.66. The van der Waals surface area contributed by atoms with Gasteiger partial charge < -0.3 is 37.9 Å². The van der Waals surface area contributed by atoms with Gasteiger partial charge in [0, 0.05) is 10.8 Å². The summed E-state index contributed by atoms with van der Waals surface area (Å²) in [6, 6.07) is 31.5. The Morgan fingerprint density at radius 3 is 0.757 bits per heavy atom. The fraction of sp³-hybridized carbons (Fsp3) is 0.548. The fourth-order valence-corrected chi connectivity index (χ4v) is 12.1. The topological polar surface area (TPSA) is 142 Å². The first-order chi connectivity index (χ1) is 34.6. The van der Waals surface area contributed by atoms with Crippen LogP contribution < -0.4 is 18.9 Å². The molecule has 74 heavy (non-hydrogen) atoms. The van der Waals surface area contributed by atoms with Crippen molar-refractivity contribution in [3.05, 3.63) is 119 Å². The molecule has 400 valence electrons. The van der Waals surface area contributed by atoms with E-state index < -0.39 is 47.0 Å². The van der Waals surface area contributed by atoms with Gasteiger partial charge in [0.15, 0.2) is 0 Å². The lowest BCUT2D eigenvalue weighted by Crippen LogP contribution is -2.47. The van der Waals surface area contributed by atoms with Crippen molar-refractivity contribution in [2.75, 3.05) is 0 Å². The van der Waals surface area contributed by atoms with E-state index in [9.17, 15) is 19.2 Å². The van der Waals surface area contributed by atoms with Crippen molar-refractivity contribution < 1.29 is 57.1 Å². The van der Waals surface area contributed by atoms with E-state index in [0.717, 1.165) is 73.6 Å². The zero-order chi connectivity index (χ0) is 53.7. The zero-order valence-corrected chi connectivity index (χ0v) is 46.0. The Morgan fingerprint density at radius 1 is 0.338 bits per heavy atom. The molecule has 0 spiro atoms. The van der Waals surface area contributed by atoms with E-state index in [-0.39, 0.29) is 16.2 Å². The smallest absolute Gasteiger partial charge is 0.428 e. The molecule has 0 unspecified atom stereocenters. The molecule has 0 saturated heterocycles. The maximum atomic E-state index is 12.6. The van der Waals surface area contributed by atoms with Crippen LogP contribution in [0.2, 0.25) is 0 Å². The normalized spacial score (nSPS) is 18.3. The molecule has 3 aliphatic carbocycles. The number of hydrogen-bond acceptors (Lipinski definition) is 12. The third kappa shape index (κ3) is 14.2. The van der Waals surface area contributed by atoms with E-state index in [1.54, 1.807) is 0 Å². The number of rotatable bonds is 10. The van der Waals surface area contributed by atoms with Gasteiger partial charge in [-0.15, -0.1) is 0 Å². The first kappa shape index (κ1) is 55.7. The zero-order valence-electron chi connectivity index (χ0n) is 46.0. The lowest BCUT2D eigenvalue weighted by atomic mass is 9.49. The quantitative estimate of drug-likeness (QED) is 0.0848. The largest absolute Gasteiger partial charge is 0.514 e. The molecule has 3 saturated carbocycles. The van der Waals surface area contributed by atoms with Gasteiger partial charge in [-0.25, -0.2) is 19.2 Å². The van der Waals surface area contributed by atoms with Crippen LogP contribution in [-0.2, 0) is 29.8 Å². The SMILES string of the molecule is CC(C)(C)OC(=O)Oc1ccc(C2(c3ccc(OC(=O)OC(C)(C)C)cc3)CCC(C3(C4CCC(c5ccc(OC(=O)OC(C)(C)C)cc5)(c5ccc(OC(=O)OC(C)(C)C)cc5)CC4)CCCCC3)CC2)cc1. The molecule has 0 radical (unpaired) electrons. The molecule has 0 aromatic heterocycles. The van der Waals surface area contributed by atoms with Crippen LogP contribution in [0.3, 0.4) is 0 Å². The molecule has 0 aliphatic heterocycles. The first-order valence-electron chi connectivity index (χ1n) is 26.7. The maximum Gasteiger partial charge on any atom is 0.514 e. The summed E-state index contributed by atoms with van der Waals surface area (Å²) >= 11 is 0. The van der Waals surface area contributed by atoms with Crippen LogP contribution in [0, 0.1) is 17.3 Å². The Morgan fingerprint density at radius 2 is 0.554 bits per heavy atom. The highest BCUT2D eigenvalue weighted by Crippen LogP contribution is 2.62. The van der Waals surface area contributed by atoms with Crippen LogP contribution in [0.15, 0.2) is 97.1 Å². The lowest BCUT2D eigenvalue weighted by molar-refractivity contribution is -0.0262. The molecular formula is C62H80O12. The van der Waals surface area contributed by atoms with Crippen LogP contribution in [-0.4, -0.2) is 47.0 Å². The van der Waals surface area contributed by atoms with E-state index >= 15 is 0 Å². The number of carbonyl (C=O) groups excluding carboxylic acids is 4. The molecule has 4 aromatic rings. The van der Waals surface area contributed by atoms with Gasteiger partial charge in [-0.05, 0) is 235 Å². The van der Waals surface area contributed by atoms with Crippen molar-refractivity contribution in [1.82, 2.24) is 0 Å². The molecule has 0 bridgehead atoms. The third-order valence-electron chi connectivity index (χ3n) is 15.1. The van der Waals surface area contributed by atoms with E-state index in [1.807, 2.05) is 132 Å². The summed E-state index contributed by atoms with van der Waals surface area (Å²) in [5.74, 6) is 2.70. The average Bonchev–Trinajstić information content (AvgIpc) is 3.30. The van der Waals surface area contributed by atoms with E-state index in [1.165, 1.54) is 32.1 Å². The Balaban J connectivity index is 1.16. The minimum atomic E-state index is -0.746. The Hall–Kier alpha value is -6.04. The molecule has 3 aliphatic rings. The van der Waals surface area contributed by atoms with Crippen LogP contribution in [0.1, 0.15) is 189 Å². The highest BCUT2D eigenvalue weighted by Gasteiger charge is 2.52. The standard InChI is InChI=1S/C62H80O12/c1-56(2,3)71-52(63)67-48-24-16-42(17-25-48)61(43-18-26-49(27-19-43)68-53(64)72-57(4,5)6)38-32-46(33-39-61)60(36-14-13-15-37-60)47-34-40-62(41-35-47,44-20-28-50(29-21-44)69-54(65)73-58(7,8)9)45-22-30-51(31-23-45)70-55(66)74-59(10,11)12/h16-31,46-47H,13-15,32-41H2,1-12H3. The monoisotopic (exact) mass is 1020 g/mol. The summed E-state index contributed by atoms with van der Waals surface area (Å²) in [7, 11) is 0. The molecule has 3 fully saturated rings. The van der Waals surface area contributed by atoms with E-state index in [0.29, 0.717) is 34.8 Å². The number of benzene rings is 4. The van der Waals surface area contributed by atoms with Gasteiger partial charge in [0.05, 0.1) is 0 Å². The van der Waals surface area contributed by atoms with Gasteiger partial charge in [-0.2, -0.15) is 0 Å². The second-order valence-corrected chi connectivity index (χ2v) is 24.9. The predicted octanol–water partition coefficient (Wildman–Crippen LogP) is 16.5. The van der Waals surface area contributed by atoms with Crippen molar-refractivity contribution in [3.63, 3.8) is 0 Å². The summed E-state index contributed by atoms with van der Waals surface area (Å²) in [4.78, 5) is 50.6. The van der Waals surface area contributed by atoms with Crippen LogP contribution in [0.25, 0.3) is 0 Å². The Kier molecular flexibility index (Phi) is 16.6. The Labute approximate surface area is 439 Å². The second-order valence-electron chi connectivity index (χ2n) is 24.9. The molecular weight excluding hydrogens is 937 g/mol. The highest BCUT2D eigenvalue weighted by atomic mass is 16.7. The number of hydrogen-bond donors (Lipinski definition) is 0. The summed E-state index contributed by atoms with van der Waals surface area (Å²) in [5.41, 5.74) is 1.31. The van der Waals surface area contributed by atoms with Gasteiger partial charge >= 0.3 is 24.6 Å². The van der Waals surface area contributed by atoms with Crippen molar-refractivity contribution >= 4 is 24.6 Å². The third-order valence-corrected chi connectivity index (χ3v) is 15.1. The van der Waals surface area contributed by atoms with Crippen LogP contribution >= 0.6 is 0 Å². The molecule has 12 heteroatoms. The fourth-order valence-electron chi connectivity index (χ4n) is 12.1. The molecule has 0 atom stereocenters. The molecule has 12 nitrogen and oxygen atoms in total. The van der Waals surface area contributed by atoms with Gasteiger partial charge in [0.2, 0.25) is 0 Å². The van der Waals surface area contributed by atoms with Gasteiger partial charge in [-0.1, -0.05) is 67.8 Å². The van der Waals surface area contributed by atoms with Crippen molar-refractivity contribution in [1.29, 1.82) is 0 Å². The number of ether oxygens (including phenoxy) is 8. The molecule has 0 amide bonds. The van der Waals surface area contributed by atoms with E-state index in [2.05, 4.69) is 48.5 Å². The van der Waals surface area contributed by atoms with Crippen molar-refractivity contribution in [2.45, 2.75) is 200 Å². The maximum absolute atomic E-state index is 12.6. The average molecular weight is 1020 g/mol. The van der Waals surface area contributed by atoms with Gasteiger partial charge in [0.25, 0.3) is 0 Å². The summed E-state index contributed by atoms with van der Waals surface area (Å²) < 4.78 is 44.2.